The van der Waals surface area contributed by atoms with Gasteiger partial charge >= 0.3 is 5.97 Å². The molecule has 0 fully saturated rings. The number of hydrogen-bond donors (Lipinski definition) is 3. The lowest BCUT2D eigenvalue weighted by Crippen LogP contribution is -2.20. The van der Waals surface area contributed by atoms with Gasteiger partial charge in [-0.25, -0.2) is 4.79 Å². The van der Waals surface area contributed by atoms with Crippen LogP contribution in [0.5, 0.6) is 0 Å². The quantitative estimate of drug-likeness (QED) is 0.712. The molecule has 1 rings (SSSR count). The smallest absolute Gasteiger partial charge is 0.337 e. The number of anilines is 1. The minimum absolute atomic E-state index is 0.0204. The Morgan fingerprint density at radius 1 is 1.50 bits per heavy atom. The predicted octanol–water partition coefficient (Wildman–Crippen LogP) is 2.05. The van der Waals surface area contributed by atoms with Crippen molar-refractivity contribution in [3.8, 4) is 0 Å². The molecule has 0 aromatic heterocycles. The second kappa shape index (κ2) is 5.94. The molecule has 0 aliphatic carbocycles. The Morgan fingerprint density at radius 2 is 2.19 bits per heavy atom. The highest BCUT2D eigenvalue weighted by Crippen LogP contribution is 2.20. The molecule has 88 valence electrons. The van der Waals surface area contributed by atoms with Crippen LogP contribution < -0.4 is 5.32 Å². The summed E-state index contributed by atoms with van der Waals surface area (Å²) in [5.41, 5.74) is 0.595. The van der Waals surface area contributed by atoms with E-state index in [4.69, 9.17) is 28.3 Å². The number of aromatic carboxylic acids is 1. The van der Waals surface area contributed by atoms with Crippen LogP contribution in [0.2, 0.25) is 5.02 Å². The lowest BCUT2D eigenvalue weighted by Gasteiger charge is -2.10. The molecule has 16 heavy (non-hydrogen) atoms. The number of alkyl halides is 1. The third kappa shape index (κ3) is 3.56. The first-order chi connectivity index (χ1) is 7.54. The number of carboxylic acids is 1. The van der Waals surface area contributed by atoms with Crippen LogP contribution in [0.1, 0.15) is 10.4 Å². The predicted molar refractivity (Wildman–Crippen MR) is 63.6 cm³/mol. The van der Waals surface area contributed by atoms with E-state index in [9.17, 15) is 9.90 Å². The van der Waals surface area contributed by atoms with Gasteiger partial charge in [-0.1, -0.05) is 11.6 Å². The molecule has 3 N–H and O–H groups in total. The zero-order valence-corrected chi connectivity index (χ0v) is 9.79. The highest BCUT2D eigenvalue weighted by molar-refractivity contribution is 6.33. The number of nitrogens with one attached hydrogen (secondary N) is 1. The number of halogens is 2. The van der Waals surface area contributed by atoms with E-state index < -0.39 is 12.1 Å². The molecule has 0 heterocycles. The summed E-state index contributed by atoms with van der Waals surface area (Å²) in [4.78, 5) is 10.8. The van der Waals surface area contributed by atoms with Gasteiger partial charge in [0.2, 0.25) is 0 Å². The third-order valence-electron chi connectivity index (χ3n) is 1.92. The van der Waals surface area contributed by atoms with Crippen molar-refractivity contribution in [2.24, 2.45) is 0 Å². The first-order valence-electron chi connectivity index (χ1n) is 4.55. The Hall–Kier alpha value is -0.970. The highest BCUT2D eigenvalue weighted by atomic mass is 35.5. The van der Waals surface area contributed by atoms with Crippen molar-refractivity contribution >= 4 is 34.9 Å². The minimum atomic E-state index is -1.09. The van der Waals surface area contributed by atoms with Gasteiger partial charge < -0.3 is 15.5 Å². The summed E-state index contributed by atoms with van der Waals surface area (Å²) in [6.07, 6.45) is -0.675. The van der Waals surface area contributed by atoms with Gasteiger partial charge in [0.05, 0.1) is 22.6 Å². The van der Waals surface area contributed by atoms with Crippen LogP contribution in [0.4, 0.5) is 5.69 Å². The molecule has 0 saturated carbocycles. The second-order valence-corrected chi connectivity index (χ2v) is 3.90. The summed E-state index contributed by atoms with van der Waals surface area (Å²) < 4.78 is 0. The fourth-order valence-corrected chi connectivity index (χ4v) is 1.40. The molecule has 4 nitrogen and oxygen atoms in total. The molecule has 0 saturated heterocycles. The molecule has 0 radical (unpaired) electrons. The average molecular weight is 264 g/mol. The number of aliphatic hydroxyl groups excluding tert-OH is 1. The molecule has 0 bridgehead atoms. The largest absolute Gasteiger partial charge is 0.478 e. The van der Waals surface area contributed by atoms with Gasteiger partial charge in [0.25, 0.3) is 0 Å². The lowest BCUT2D eigenvalue weighted by atomic mass is 10.2. The van der Waals surface area contributed by atoms with Crippen LogP contribution in [-0.2, 0) is 0 Å². The van der Waals surface area contributed by atoms with E-state index in [2.05, 4.69) is 5.32 Å². The first-order valence-corrected chi connectivity index (χ1v) is 5.46. The normalized spacial score (nSPS) is 12.2. The molecule has 6 heteroatoms. The summed E-state index contributed by atoms with van der Waals surface area (Å²) in [7, 11) is 0. The maximum absolute atomic E-state index is 10.8. The standard InChI is InChI=1S/C10H11Cl2NO3/c11-4-7(14)5-13-6-1-2-9(12)8(3-6)10(15)16/h1-3,7,13-14H,4-5H2,(H,15,16). The average Bonchev–Trinajstić information content (AvgIpc) is 2.27. The number of carbonyl (C=O) groups is 1. The van der Waals surface area contributed by atoms with E-state index in [0.717, 1.165) is 0 Å². The summed E-state index contributed by atoms with van der Waals surface area (Å²) in [6.45, 7) is 0.254. The van der Waals surface area contributed by atoms with Gasteiger partial charge in [-0.2, -0.15) is 0 Å². The Balaban J connectivity index is 2.75. The van der Waals surface area contributed by atoms with Crippen LogP contribution in [0.3, 0.4) is 0 Å². The highest BCUT2D eigenvalue weighted by Gasteiger charge is 2.09. The van der Waals surface area contributed by atoms with E-state index >= 15 is 0 Å². The number of aliphatic hydroxyl groups is 1. The third-order valence-corrected chi connectivity index (χ3v) is 2.60. The lowest BCUT2D eigenvalue weighted by molar-refractivity contribution is 0.0697. The fraction of sp³-hybridized carbons (Fsp3) is 0.300. The van der Waals surface area contributed by atoms with Crippen molar-refractivity contribution in [3.63, 3.8) is 0 Å². The van der Waals surface area contributed by atoms with Gasteiger partial charge in [0.15, 0.2) is 0 Å². The van der Waals surface area contributed by atoms with Crippen molar-refractivity contribution in [2.75, 3.05) is 17.7 Å². The zero-order chi connectivity index (χ0) is 12.1. The van der Waals surface area contributed by atoms with Gasteiger partial charge in [0, 0.05) is 12.2 Å². The molecule has 1 aromatic carbocycles. The molecular formula is C10H11Cl2NO3. The molecule has 0 aliphatic heterocycles. The van der Waals surface area contributed by atoms with Crippen LogP contribution in [0, 0.1) is 0 Å². The summed E-state index contributed by atoms with van der Waals surface area (Å²) in [6, 6.07) is 4.53. The van der Waals surface area contributed by atoms with Crippen molar-refractivity contribution in [1.82, 2.24) is 0 Å². The van der Waals surface area contributed by atoms with Gasteiger partial charge in [-0.05, 0) is 18.2 Å². The molecule has 0 amide bonds. The number of rotatable bonds is 5. The SMILES string of the molecule is O=C(O)c1cc(NCC(O)CCl)ccc1Cl. The summed E-state index contributed by atoms with van der Waals surface area (Å²) in [5, 5.41) is 21.1. The number of hydrogen-bond acceptors (Lipinski definition) is 3. The van der Waals surface area contributed by atoms with Gasteiger partial charge in [-0.3, -0.25) is 0 Å². The van der Waals surface area contributed by atoms with Gasteiger partial charge in [0.1, 0.15) is 0 Å². The Kier molecular flexibility index (Phi) is 4.86. The van der Waals surface area contributed by atoms with E-state index in [1.54, 1.807) is 6.07 Å². The molecular weight excluding hydrogens is 253 g/mol. The summed E-state index contributed by atoms with van der Waals surface area (Å²) in [5.74, 6) is -0.974. The van der Waals surface area contributed by atoms with Crippen LogP contribution in [0.25, 0.3) is 0 Å². The van der Waals surface area contributed by atoms with Crippen molar-refractivity contribution < 1.29 is 15.0 Å². The van der Waals surface area contributed by atoms with Gasteiger partial charge in [-0.15, -0.1) is 11.6 Å². The molecule has 1 aromatic rings. The van der Waals surface area contributed by atoms with Crippen LogP contribution >= 0.6 is 23.2 Å². The second-order valence-electron chi connectivity index (χ2n) is 3.19. The molecule has 0 spiro atoms. The Bertz CT molecular complexity index is 384. The summed E-state index contributed by atoms with van der Waals surface area (Å²) >= 11 is 11.1. The molecule has 1 unspecified atom stereocenters. The minimum Gasteiger partial charge on any atom is -0.478 e. The Morgan fingerprint density at radius 3 is 2.75 bits per heavy atom. The maximum atomic E-state index is 10.8. The molecule has 1 atom stereocenters. The van der Waals surface area contributed by atoms with Crippen molar-refractivity contribution in [1.29, 1.82) is 0 Å². The number of carboxylic acid groups (broad SMARTS) is 1. The van der Waals surface area contributed by atoms with Crippen molar-refractivity contribution in [3.05, 3.63) is 28.8 Å². The monoisotopic (exact) mass is 263 g/mol. The topological polar surface area (TPSA) is 69.6 Å². The molecule has 0 aliphatic rings. The van der Waals surface area contributed by atoms with Crippen LogP contribution in [-0.4, -0.2) is 34.7 Å². The van der Waals surface area contributed by atoms with E-state index in [0.29, 0.717) is 5.69 Å². The first kappa shape index (κ1) is 13.1. The van der Waals surface area contributed by atoms with E-state index in [1.807, 2.05) is 0 Å². The van der Waals surface area contributed by atoms with E-state index in [-0.39, 0.29) is 23.0 Å². The fourth-order valence-electron chi connectivity index (χ4n) is 1.09. The van der Waals surface area contributed by atoms with Crippen LogP contribution in [0.15, 0.2) is 18.2 Å². The van der Waals surface area contributed by atoms with Crippen molar-refractivity contribution in [2.45, 2.75) is 6.10 Å². The number of benzene rings is 1. The zero-order valence-electron chi connectivity index (χ0n) is 8.28. The Labute approximate surface area is 103 Å². The van der Waals surface area contributed by atoms with E-state index in [1.165, 1.54) is 12.1 Å². The maximum Gasteiger partial charge on any atom is 0.337 e.